The Hall–Kier alpha value is -2.40. The summed E-state index contributed by atoms with van der Waals surface area (Å²) in [5, 5.41) is 3.65. The molecule has 0 unspecified atom stereocenters. The fraction of sp³-hybridized carbons (Fsp3) is 0. The van der Waals surface area contributed by atoms with E-state index in [1.54, 1.807) is 6.20 Å². The van der Waals surface area contributed by atoms with E-state index in [4.69, 9.17) is 0 Å². The third-order valence-electron chi connectivity index (χ3n) is 2.59. The second-order valence-electron chi connectivity index (χ2n) is 3.93. The fourth-order valence-electron chi connectivity index (χ4n) is 1.68. The number of thiazole rings is 1. The van der Waals surface area contributed by atoms with Crippen molar-refractivity contribution in [3.05, 3.63) is 59.7 Å². The zero-order chi connectivity index (χ0) is 13.1. The highest BCUT2D eigenvalue weighted by atomic mass is 32.1. The number of hydrogen-bond acceptors (Lipinski definition) is 3. The van der Waals surface area contributed by atoms with Crippen LogP contribution < -0.4 is 5.32 Å². The summed E-state index contributed by atoms with van der Waals surface area (Å²) in [6.45, 7) is 0. The van der Waals surface area contributed by atoms with Crippen molar-refractivity contribution in [3.63, 3.8) is 0 Å². The number of H-pyrrole nitrogens is 1. The number of nitrogens with one attached hydrogen (secondary N) is 2. The molecule has 0 bridgehead atoms. The van der Waals surface area contributed by atoms with Crippen LogP contribution in [0.1, 0.15) is 9.67 Å². The van der Waals surface area contributed by atoms with Crippen molar-refractivity contribution in [2.75, 3.05) is 5.32 Å². The second-order valence-corrected chi connectivity index (χ2v) is 4.96. The lowest BCUT2D eigenvalue weighted by Crippen LogP contribution is -2.09. The molecule has 0 saturated heterocycles. The first-order valence-electron chi connectivity index (χ1n) is 5.79. The maximum atomic E-state index is 12.0. The number of anilines is 1. The van der Waals surface area contributed by atoms with Crippen LogP contribution in [-0.4, -0.2) is 15.9 Å². The highest BCUT2D eigenvalue weighted by molar-refractivity contribution is 7.17. The lowest BCUT2D eigenvalue weighted by atomic mass is 10.3. The van der Waals surface area contributed by atoms with E-state index < -0.39 is 0 Å². The van der Waals surface area contributed by atoms with E-state index in [1.165, 1.54) is 11.3 Å². The maximum absolute atomic E-state index is 12.0. The van der Waals surface area contributed by atoms with Gasteiger partial charge >= 0.3 is 0 Å². The quantitative estimate of drug-likeness (QED) is 0.765. The molecule has 0 atom stereocenters. The molecule has 3 aromatic rings. The first kappa shape index (κ1) is 11.7. The smallest absolute Gasteiger partial charge is 0.267 e. The van der Waals surface area contributed by atoms with Crippen LogP contribution in [0.3, 0.4) is 0 Å². The first-order valence-corrected chi connectivity index (χ1v) is 6.60. The largest absolute Gasteiger partial charge is 0.359 e. The van der Waals surface area contributed by atoms with Crippen molar-refractivity contribution >= 4 is 22.9 Å². The van der Waals surface area contributed by atoms with Gasteiger partial charge in [-0.25, -0.2) is 4.98 Å². The molecule has 0 aliphatic carbocycles. The molecular formula is C14H11N3OS. The van der Waals surface area contributed by atoms with Crippen LogP contribution >= 0.6 is 11.3 Å². The van der Waals surface area contributed by atoms with Gasteiger partial charge in [0.15, 0.2) is 0 Å². The molecule has 2 heterocycles. The number of carbonyl (C=O) groups is 1. The minimum absolute atomic E-state index is 0.137. The van der Waals surface area contributed by atoms with Crippen molar-refractivity contribution < 1.29 is 4.79 Å². The summed E-state index contributed by atoms with van der Waals surface area (Å²) in [4.78, 5) is 20.0. The van der Waals surface area contributed by atoms with Crippen LogP contribution in [0.2, 0.25) is 0 Å². The third kappa shape index (κ3) is 2.56. The highest BCUT2D eigenvalue weighted by Crippen LogP contribution is 2.24. The Morgan fingerprint density at radius 1 is 1.16 bits per heavy atom. The predicted octanol–water partition coefficient (Wildman–Crippen LogP) is 3.39. The van der Waals surface area contributed by atoms with Crippen LogP contribution in [0.15, 0.2) is 54.9 Å². The lowest BCUT2D eigenvalue weighted by molar-refractivity contribution is 0.103. The van der Waals surface area contributed by atoms with Gasteiger partial charge in [0.2, 0.25) is 0 Å². The van der Waals surface area contributed by atoms with Crippen molar-refractivity contribution in [2.45, 2.75) is 0 Å². The molecule has 2 N–H and O–H groups in total. The Morgan fingerprint density at radius 2 is 2.00 bits per heavy atom. The summed E-state index contributed by atoms with van der Waals surface area (Å²) in [5.74, 6) is -0.137. The number of rotatable bonds is 3. The molecule has 2 aromatic heterocycles. The average molecular weight is 269 g/mol. The molecular weight excluding hydrogens is 258 g/mol. The van der Waals surface area contributed by atoms with Gasteiger partial charge in [-0.1, -0.05) is 18.2 Å². The van der Waals surface area contributed by atoms with Crippen LogP contribution in [0.25, 0.3) is 10.7 Å². The zero-order valence-electron chi connectivity index (χ0n) is 9.96. The zero-order valence-corrected chi connectivity index (χ0v) is 10.8. The van der Waals surface area contributed by atoms with Crippen molar-refractivity contribution in [1.82, 2.24) is 9.97 Å². The van der Waals surface area contributed by atoms with E-state index in [9.17, 15) is 4.79 Å². The van der Waals surface area contributed by atoms with Gasteiger partial charge in [-0.15, -0.1) is 11.3 Å². The first-order chi connectivity index (χ1) is 9.33. The summed E-state index contributed by atoms with van der Waals surface area (Å²) in [6, 6.07) is 13.2. The minimum atomic E-state index is -0.137. The van der Waals surface area contributed by atoms with Gasteiger partial charge in [-0.2, -0.15) is 0 Å². The Kier molecular flexibility index (Phi) is 3.12. The van der Waals surface area contributed by atoms with Gasteiger partial charge in [-0.05, 0) is 24.3 Å². The highest BCUT2D eigenvalue weighted by Gasteiger charge is 2.12. The van der Waals surface area contributed by atoms with Crippen LogP contribution in [0.5, 0.6) is 0 Å². The molecule has 0 saturated carbocycles. The van der Waals surface area contributed by atoms with E-state index in [0.717, 1.165) is 16.4 Å². The van der Waals surface area contributed by atoms with Crippen LogP contribution in [0, 0.1) is 0 Å². The average Bonchev–Trinajstić information content (AvgIpc) is 3.11. The Bertz CT molecular complexity index is 674. The second kappa shape index (κ2) is 5.07. The van der Waals surface area contributed by atoms with Gasteiger partial charge < -0.3 is 10.3 Å². The van der Waals surface area contributed by atoms with Gasteiger partial charge in [-0.3, -0.25) is 4.79 Å². The molecule has 0 spiro atoms. The van der Waals surface area contributed by atoms with Gasteiger partial charge in [0.05, 0.1) is 11.9 Å². The number of carbonyl (C=O) groups excluding carboxylic acids is 1. The molecule has 0 aliphatic rings. The minimum Gasteiger partial charge on any atom is -0.359 e. The molecule has 1 aromatic carbocycles. The molecule has 5 heteroatoms. The Labute approximate surface area is 114 Å². The fourth-order valence-corrected chi connectivity index (χ4v) is 2.48. The Morgan fingerprint density at radius 3 is 2.74 bits per heavy atom. The van der Waals surface area contributed by atoms with Crippen molar-refractivity contribution in [3.8, 4) is 10.7 Å². The Balaban J connectivity index is 1.78. The van der Waals surface area contributed by atoms with E-state index >= 15 is 0 Å². The lowest BCUT2D eigenvalue weighted by Gasteiger charge is -2.01. The molecule has 0 aliphatic heterocycles. The van der Waals surface area contributed by atoms with E-state index in [0.29, 0.717) is 4.88 Å². The standard InChI is InChI=1S/C14H11N3OS/c18-13(17-10-5-2-1-3-6-10)12-9-16-14(19-12)11-7-4-8-15-11/h1-9,15H,(H,17,18). The number of para-hydroxylation sites is 1. The van der Waals surface area contributed by atoms with E-state index in [-0.39, 0.29) is 5.91 Å². The summed E-state index contributed by atoms with van der Waals surface area (Å²) in [6.07, 6.45) is 3.43. The summed E-state index contributed by atoms with van der Waals surface area (Å²) in [5.41, 5.74) is 1.70. The molecule has 4 nitrogen and oxygen atoms in total. The number of amides is 1. The summed E-state index contributed by atoms with van der Waals surface area (Å²) < 4.78 is 0. The molecule has 19 heavy (non-hydrogen) atoms. The summed E-state index contributed by atoms with van der Waals surface area (Å²) >= 11 is 1.36. The van der Waals surface area contributed by atoms with E-state index in [1.807, 2.05) is 48.7 Å². The van der Waals surface area contributed by atoms with Gasteiger partial charge in [0.25, 0.3) is 5.91 Å². The van der Waals surface area contributed by atoms with E-state index in [2.05, 4.69) is 15.3 Å². The third-order valence-corrected chi connectivity index (χ3v) is 3.62. The van der Waals surface area contributed by atoms with Crippen molar-refractivity contribution in [1.29, 1.82) is 0 Å². The number of aromatic nitrogens is 2. The van der Waals surface area contributed by atoms with Crippen LogP contribution in [-0.2, 0) is 0 Å². The number of nitrogens with zero attached hydrogens (tertiary/aromatic N) is 1. The van der Waals surface area contributed by atoms with Gasteiger partial charge in [0.1, 0.15) is 9.88 Å². The number of aromatic amines is 1. The van der Waals surface area contributed by atoms with Gasteiger partial charge in [0, 0.05) is 11.9 Å². The monoisotopic (exact) mass is 269 g/mol. The molecule has 0 radical (unpaired) electrons. The normalized spacial score (nSPS) is 10.3. The molecule has 3 rings (SSSR count). The summed E-state index contributed by atoms with van der Waals surface area (Å²) in [7, 11) is 0. The maximum Gasteiger partial charge on any atom is 0.267 e. The molecule has 94 valence electrons. The molecule has 1 amide bonds. The number of hydrogen-bond donors (Lipinski definition) is 2. The topological polar surface area (TPSA) is 57.8 Å². The van der Waals surface area contributed by atoms with Crippen LogP contribution in [0.4, 0.5) is 5.69 Å². The van der Waals surface area contributed by atoms with Crippen molar-refractivity contribution in [2.24, 2.45) is 0 Å². The number of benzene rings is 1. The predicted molar refractivity (Wildman–Crippen MR) is 76.3 cm³/mol. The SMILES string of the molecule is O=C(Nc1ccccc1)c1cnc(-c2ccc[nH]2)s1. The molecule has 0 fully saturated rings.